The normalized spacial score (nSPS) is 22.8. The second-order valence-corrected chi connectivity index (χ2v) is 5.55. The zero-order chi connectivity index (χ0) is 12.1. The van der Waals surface area contributed by atoms with Crippen LogP contribution >= 0.6 is 11.8 Å². The highest BCUT2D eigenvalue weighted by atomic mass is 32.2. The quantitative estimate of drug-likeness (QED) is 0.892. The lowest BCUT2D eigenvalue weighted by molar-refractivity contribution is 0.442. The van der Waals surface area contributed by atoms with Crippen LogP contribution in [-0.2, 0) is 6.54 Å². The summed E-state index contributed by atoms with van der Waals surface area (Å²) in [5.41, 5.74) is 0.911. The highest BCUT2D eigenvalue weighted by Crippen LogP contribution is 2.18. The standard InChI is InChI=1S/C12H18N4S/c1-9(2)11-5-7-17-12(15-11)13-8-10-4-3-6-14-16-10/h3-4,6,9,11H,5,7-8H2,1-2H3,(H,13,15). The molecule has 0 bridgehead atoms. The third kappa shape index (κ3) is 3.70. The molecule has 1 saturated heterocycles. The summed E-state index contributed by atoms with van der Waals surface area (Å²) in [5.74, 6) is 1.80. The predicted molar refractivity (Wildman–Crippen MR) is 72.0 cm³/mol. The van der Waals surface area contributed by atoms with Gasteiger partial charge in [-0.3, -0.25) is 4.99 Å². The lowest BCUT2D eigenvalue weighted by Crippen LogP contribution is -2.41. The van der Waals surface area contributed by atoms with E-state index < -0.39 is 0 Å². The lowest BCUT2D eigenvalue weighted by Gasteiger charge is -2.28. The number of aromatic nitrogens is 2. The van der Waals surface area contributed by atoms with Crippen LogP contribution in [0.15, 0.2) is 23.3 Å². The molecule has 0 radical (unpaired) electrons. The molecule has 17 heavy (non-hydrogen) atoms. The smallest absolute Gasteiger partial charge is 0.157 e. The Hall–Kier alpha value is -1.10. The second-order valence-electron chi connectivity index (χ2n) is 4.47. The molecule has 1 fully saturated rings. The highest BCUT2D eigenvalue weighted by Gasteiger charge is 2.19. The van der Waals surface area contributed by atoms with Crippen molar-refractivity contribution < 1.29 is 0 Å². The van der Waals surface area contributed by atoms with Crippen LogP contribution in [0.3, 0.4) is 0 Å². The second kappa shape index (κ2) is 6.00. The largest absolute Gasteiger partial charge is 0.362 e. The molecule has 0 spiro atoms. The maximum atomic E-state index is 4.55. The average Bonchev–Trinajstić information content (AvgIpc) is 2.38. The van der Waals surface area contributed by atoms with E-state index in [1.807, 2.05) is 12.1 Å². The summed E-state index contributed by atoms with van der Waals surface area (Å²) < 4.78 is 0. The van der Waals surface area contributed by atoms with Gasteiger partial charge in [0.05, 0.1) is 12.2 Å². The summed E-state index contributed by atoms with van der Waals surface area (Å²) in [4.78, 5) is 4.55. The summed E-state index contributed by atoms with van der Waals surface area (Å²) in [5, 5.41) is 12.4. The molecule has 1 N–H and O–H groups in total. The van der Waals surface area contributed by atoms with Crippen LogP contribution in [-0.4, -0.2) is 27.2 Å². The van der Waals surface area contributed by atoms with Crippen LogP contribution < -0.4 is 5.32 Å². The minimum absolute atomic E-state index is 0.553. The summed E-state index contributed by atoms with van der Waals surface area (Å²) in [7, 11) is 0. The molecule has 92 valence electrons. The summed E-state index contributed by atoms with van der Waals surface area (Å²) in [6, 6.07) is 4.39. The molecule has 2 heterocycles. The van der Waals surface area contributed by atoms with Crippen LogP contribution in [0.1, 0.15) is 26.0 Å². The van der Waals surface area contributed by atoms with E-state index >= 15 is 0 Å². The van der Waals surface area contributed by atoms with E-state index in [0.717, 1.165) is 16.6 Å². The van der Waals surface area contributed by atoms with E-state index in [1.54, 1.807) is 18.0 Å². The summed E-state index contributed by atoms with van der Waals surface area (Å²) >= 11 is 1.79. The molecule has 5 heteroatoms. The minimum atomic E-state index is 0.553. The van der Waals surface area contributed by atoms with Gasteiger partial charge in [0.15, 0.2) is 5.17 Å². The molecule has 1 unspecified atom stereocenters. The highest BCUT2D eigenvalue weighted by molar-refractivity contribution is 8.13. The van der Waals surface area contributed by atoms with Crippen molar-refractivity contribution in [2.75, 3.05) is 5.75 Å². The first kappa shape index (κ1) is 12.4. The van der Waals surface area contributed by atoms with Gasteiger partial charge in [-0.2, -0.15) is 10.2 Å². The van der Waals surface area contributed by atoms with Crippen LogP contribution in [0.5, 0.6) is 0 Å². The SMILES string of the molecule is CC(C)C1CCSC(=NCc2cccnn2)N1. The number of thioether (sulfide) groups is 1. The molecule has 1 atom stereocenters. The molecule has 4 nitrogen and oxygen atoms in total. The number of aliphatic imine (C=N–C) groups is 1. The first-order valence-electron chi connectivity index (χ1n) is 5.96. The average molecular weight is 250 g/mol. The Kier molecular flexibility index (Phi) is 4.36. The molecule has 1 aliphatic heterocycles. The number of rotatable bonds is 3. The van der Waals surface area contributed by atoms with Crippen molar-refractivity contribution in [1.82, 2.24) is 15.5 Å². The molecule has 0 aliphatic carbocycles. The van der Waals surface area contributed by atoms with Crippen molar-refractivity contribution in [3.05, 3.63) is 24.0 Å². The third-order valence-corrected chi connectivity index (χ3v) is 3.75. The Morgan fingerprint density at radius 2 is 2.47 bits per heavy atom. The van der Waals surface area contributed by atoms with E-state index in [0.29, 0.717) is 18.5 Å². The van der Waals surface area contributed by atoms with Gasteiger partial charge in [-0.05, 0) is 24.5 Å². The van der Waals surface area contributed by atoms with Crippen molar-refractivity contribution in [3.63, 3.8) is 0 Å². The first-order valence-corrected chi connectivity index (χ1v) is 6.94. The molecule has 1 aromatic heterocycles. The Bertz CT molecular complexity index is 377. The van der Waals surface area contributed by atoms with Crippen molar-refractivity contribution >= 4 is 16.9 Å². The molecule has 1 aliphatic rings. The Labute approximate surface area is 106 Å². The lowest BCUT2D eigenvalue weighted by atomic mass is 10.0. The topological polar surface area (TPSA) is 50.2 Å². The number of nitrogens with one attached hydrogen (secondary N) is 1. The Morgan fingerprint density at radius 3 is 3.18 bits per heavy atom. The Balaban J connectivity index is 1.93. The van der Waals surface area contributed by atoms with Crippen molar-refractivity contribution in [2.45, 2.75) is 32.9 Å². The van der Waals surface area contributed by atoms with E-state index in [1.165, 1.54) is 6.42 Å². The van der Waals surface area contributed by atoms with Crippen LogP contribution in [0.25, 0.3) is 0 Å². The third-order valence-electron chi connectivity index (χ3n) is 2.79. The van der Waals surface area contributed by atoms with Gasteiger partial charge in [0.2, 0.25) is 0 Å². The summed E-state index contributed by atoms with van der Waals surface area (Å²) in [6.07, 6.45) is 2.89. The van der Waals surface area contributed by atoms with Crippen LogP contribution in [0.2, 0.25) is 0 Å². The number of amidine groups is 1. The molecule has 0 amide bonds. The Morgan fingerprint density at radius 1 is 1.59 bits per heavy atom. The van der Waals surface area contributed by atoms with Crippen molar-refractivity contribution in [2.24, 2.45) is 10.9 Å². The van der Waals surface area contributed by atoms with Gasteiger partial charge in [0.1, 0.15) is 0 Å². The molecular weight excluding hydrogens is 232 g/mol. The number of hydrogen-bond acceptors (Lipinski definition) is 4. The van der Waals surface area contributed by atoms with E-state index in [9.17, 15) is 0 Å². The van der Waals surface area contributed by atoms with E-state index in [2.05, 4.69) is 34.4 Å². The fourth-order valence-electron chi connectivity index (χ4n) is 1.72. The maximum absolute atomic E-state index is 4.55. The van der Waals surface area contributed by atoms with Gasteiger partial charge in [0, 0.05) is 18.0 Å². The zero-order valence-corrected chi connectivity index (χ0v) is 11.1. The minimum Gasteiger partial charge on any atom is -0.362 e. The van der Waals surface area contributed by atoms with Crippen molar-refractivity contribution in [1.29, 1.82) is 0 Å². The molecule has 0 aromatic carbocycles. The maximum Gasteiger partial charge on any atom is 0.157 e. The van der Waals surface area contributed by atoms with Gasteiger partial charge in [0.25, 0.3) is 0 Å². The molecule has 0 saturated carbocycles. The zero-order valence-electron chi connectivity index (χ0n) is 10.3. The van der Waals surface area contributed by atoms with E-state index in [-0.39, 0.29) is 0 Å². The van der Waals surface area contributed by atoms with E-state index in [4.69, 9.17) is 0 Å². The predicted octanol–water partition coefficient (Wildman–Crippen LogP) is 2.08. The number of hydrogen-bond donors (Lipinski definition) is 1. The van der Waals surface area contributed by atoms with Gasteiger partial charge in [-0.25, -0.2) is 0 Å². The van der Waals surface area contributed by atoms with Crippen molar-refractivity contribution in [3.8, 4) is 0 Å². The van der Waals surface area contributed by atoms with Gasteiger partial charge in [-0.1, -0.05) is 25.6 Å². The fraction of sp³-hybridized carbons (Fsp3) is 0.583. The summed E-state index contributed by atoms with van der Waals surface area (Å²) in [6.45, 7) is 5.09. The van der Waals surface area contributed by atoms with Crippen LogP contribution in [0, 0.1) is 5.92 Å². The molecular formula is C12H18N4S. The molecule has 1 aromatic rings. The molecule has 2 rings (SSSR count). The number of nitrogens with zero attached hydrogens (tertiary/aromatic N) is 3. The monoisotopic (exact) mass is 250 g/mol. The van der Waals surface area contributed by atoms with Gasteiger partial charge < -0.3 is 5.32 Å². The van der Waals surface area contributed by atoms with Gasteiger partial charge >= 0.3 is 0 Å². The first-order chi connectivity index (χ1) is 8.25. The fourth-order valence-corrected chi connectivity index (χ4v) is 2.67. The van der Waals surface area contributed by atoms with Crippen LogP contribution in [0.4, 0.5) is 0 Å². The van der Waals surface area contributed by atoms with Gasteiger partial charge in [-0.15, -0.1) is 0 Å².